The molecule has 6 nitrogen and oxygen atoms in total. The SMILES string of the molecule is CCOc1ccc(NC(=O)CN(Cc2cccc(Cl)c2)S(=O)(=O)c2ccc(Cl)cc2)cc1. The molecule has 0 aliphatic heterocycles. The van der Waals surface area contributed by atoms with Gasteiger partial charge in [0.05, 0.1) is 18.0 Å². The second-order valence-corrected chi connectivity index (χ2v) is 9.67. The Morgan fingerprint density at radius 3 is 2.28 bits per heavy atom. The van der Waals surface area contributed by atoms with Gasteiger partial charge >= 0.3 is 0 Å². The van der Waals surface area contributed by atoms with E-state index in [0.717, 1.165) is 4.31 Å². The highest BCUT2D eigenvalue weighted by molar-refractivity contribution is 7.89. The van der Waals surface area contributed by atoms with Crippen LogP contribution in [0.4, 0.5) is 5.69 Å². The Bertz CT molecular complexity index is 1170. The minimum atomic E-state index is -3.98. The quantitative estimate of drug-likeness (QED) is 0.444. The van der Waals surface area contributed by atoms with Crippen molar-refractivity contribution in [2.45, 2.75) is 18.4 Å². The number of hydrogen-bond acceptors (Lipinski definition) is 4. The maximum Gasteiger partial charge on any atom is 0.243 e. The first kappa shape index (κ1) is 24.1. The third-order valence-electron chi connectivity index (χ3n) is 4.47. The van der Waals surface area contributed by atoms with Gasteiger partial charge in [0.25, 0.3) is 0 Å². The standard InChI is InChI=1S/C23H22Cl2N2O4S/c1-2-31-21-10-8-20(9-11-21)26-23(28)16-27(15-17-4-3-5-19(25)14-17)32(29,30)22-12-6-18(24)7-13-22/h3-14H,2,15-16H2,1H3,(H,26,28). The zero-order valence-corrected chi connectivity index (χ0v) is 19.6. The molecule has 9 heteroatoms. The van der Waals surface area contributed by atoms with Gasteiger partial charge in [-0.15, -0.1) is 0 Å². The second kappa shape index (κ2) is 10.8. The molecule has 0 aliphatic rings. The van der Waals surface area contributed by atoms with Gasteiger partial charge in [-0.2, -0.15) is 4.31 Å². The highest BCUT2D eigenvalue weighted by atomic mass is 35.5. The summed E-state index contributed by atoms with van der Waals surface area (Å²) in [6, 6.07) is 19.5. The third-order valence-corrected chi connectivity index (χ3v) is 6.76. The highest BCUT2D eigenvalue weighted by Gasteiger charge is 2.27. The first-order valence-electron chi connectivity index (χ1n) is 9.81. The molecular formula is C23H22Cl2N2O4S. The van der Waals surface area contributed by atoms with Gasteiger partial charge in [-0.1, -0.05) is 35.3 Å². The summed E-state index contributed by atoms with van der Waals surface area (Å²) in [4.78, 5) is 12.8. The maximum absolute atomic E-state index is 13.3. The number of benzene rings is 3. The Balaban J connectivity index is 1.82. The fraction of sp³-hybridized carbons (Fsp3) is 0.174. The number of nitrogens with zero attached hydrogens (tertiary/aromatic N) is 1. The van der Waals surface area contributed by atoms with Crippen LogP contribution in [-0.4, -0.2) is 31.8 Å². The smallest absolute Gasteiger partial charge is 0.243 e. The summed E-state index contributed by atoms with van der Waals surface area (Å²) in [6.07, 6.45) is 0. The minimum absolute atomic E-state index is 0.0256. The van der Waals surface area contributed by atoms with Gasteiger partial charge in [0.1, 0.15) is 5.75 Å². The van der Waals surface area contributed by atoms with Crippen molar-refractivity contribution < 1.29 is 17.9 Å². The van der Waals surface area contributed by atoms with E-state index in [2.05, 4.69) is 5.32 Å². The molecule has 0 saturated heterocycles. The Morgan fingerprint density at radius 1 is 0.969 bits per heavy atom. The number of anilines is 1. The molecule has 32 heavy (non-hydrogen) atoms. The van der Waals surface area contributed by atoms with Crippen molar-refractivity contribution in [2.75, 3.05) is 18.5 Å². The molecule has 3 aromatic rings. The topological polar surface area (TPSA) is 75.7 Å². The average Bonchev–Trinajstić information content (AvgIpc) is 2.75. The van der Waals surface area contributed by atoms with E-state index in [0.29, 0.717) is 33.7 Å². The molecule has 3 aromatic carbocycles. The molecule has 0 heterocycles. The van der Waals surface area contributed by atoms with E-state index < -0.39 is 15.9 Å². The summed E-state index contributed by atoms with van der Waals surface area (Å²) in [6.45, 7) is 2.00. The van der Waals surface area contributed by atoms with Gasteiger partial charge in [-0.05, 0) is 73.2 Å². The van der Waals surface area contributed by atoms with Crippen LogP contribution >= 0.6 is 23.2 Å². The van der Waals surface area contributed by atoms with Gasteiger partial charge < -0.3 is 10.1 Å². The number of hydrogen-bond donors (Lipinski definition) is 1. The van der Waals surface area contributed by atoms with E-state index in [4.69, 9.17) is 27.9 Å². The lowest BCUT2D eigenvalue weighted by molar-refractivity contribution is -0.116. The van der Waals surface area contributed by atoms with Crippen LogP contribution < -0.4 is 10.1 Å². The first-order chi connectivity index (χ1) is 15.3. The van der Waals surface area contributed by atoms with Gasteiger partial charge in [0.15, 0.2) is 0 Å². The van der Waals surface area contributed by atoms with Gasteiger partial charge in [-0.3, -0.25) is 4.79 Å². The van der Waals surface area contributed by atoms with Crippen molar-refractivity contribution in [3.8, 4) is 5.75 Å². The highest BCUT2D eigenvalue weighted by Crippen LogP contribution is 2.22. The molecule has 0 saturated carbocycles. The number of amides is 1. The summed E-state index contributed by atoms with van der Waals surface area (Å²) < 4.78 is 33.1. The Kier molecular flexibility index (Phi) is 8.15. The number of rotatable bonds is 9. The number of carbonyl (C=O) groups excluding carboxylic acids is 1. The zero-order chi connectivity index (χ0) is 23.1. The molecule has 1 amide bonds. The second-order valence-electron chi connectivity index (χ2n) is 6.86. The Labute approximate surface area is 197 Å². The Hall–Kier alpha value is -2.58. The number of halogens is 2. The normalized spacial score (nSPS) is 11.4. The molecule has 0 spiro atoms. The molecule has 168 valence electrons. The van der Waals surface area contributed by atoms with Gasteiger partial charge in [0, 0.05) is 22.3 Å². The monoisotopic (exact) mass is 492 g/mol. The van der Waals surface area contributed by atoms with Crippen molar-refractivity contribution in [2.24, 2.45) is 0 Å². The Morgan fingerprint density at radius 2 is 1.66 bits per heavy atom. The summed E-state index contributed by atoms with van der Waals surface area (Å²) in [5.74, 6) is 0.201. The fourth-order valence-corrected chi connectivity index (χ4v) is 4.71. The lowest BCUT2D eigenvalue weighted by Gasteiger charge is -2.22. The molecule has 0 aromatic heterocycles. The van der Waals surface area contributed by atoms with Crippen LogP contribution in [0.5, 0.6) is 5.75 Å². The van der Waals surface area contributed by atoms with Crippen molar-refractivity contribution in [1.82, 2.24) is 4.31 Å². The summed E-state index contributed by atoms with van der Waals surface area (Å²) in [7, 11) is -3.98. The predicted molar refractivity (Wildman–Crippen MR) is 127 cm³/mol. The van der Waals surface area contributed by atoms with Crippen LogP contribution in [0.15, 0.2) is 77.7 Å². The van der Waals surface area contributed by atoms with Crippen LogP contribution in [0.2, 0.25) is 10.0 Å². The number of sulfonamides is 1. The lowest BCUT2D eigenvalue weighted by Crippen LogP contribution is -2.37. The van der Waals surface area contributed by atoms with Crippen LogP contribution in [-0.2, 0) is 21.4 Å². The average molecular weight is 493 g/mol. The van der Waals surface area contributed by atoms with Crippen molar-refractivity contribution in [1.29, 1.82) is 0 Å². The van der Waals surface area contributed by atoms with Crippen LogP contribution in [0.1, 0.15) is 12.5 Å². The zero-order valence-electron chi connectivity index (χ0n) is 17.3. The molecule has 0 fully saturated rings. The van der Waals surface area contributed by atoms with E-state index >= 15 is 0 Å². The number of carbonyl (C=O) groups is 1. The molecule has 0 radical (unpaired) electrons. The molecule has 0 unspecified atom stereocenters. The van der Waals surface area contributed by atoms with Crippen LogP contribution in [0.25, 0.3) is 0 Å². The van der Waals surface area contributed by atoms with Crippen molar-refractivity contribution >= 4 is 44.8 Å². The van der Waals surface area contributed by atoms with Gasteiger partial charge in [-0.25, -0.2) is 8.42 Å². The van der Waals surface area contributed by atoms with Gasteiger partial charge in [0.2, 0.25) is 15.9 Å². The third kappa shape index (κ3) is 6.46. The van der Waals surface area contributed by atoms with Crippen molar-refractivity contribution in [3.63, 3.8) is 0 Å². The summed E-state index contributed by atoms with van der Waals surface area (Å²) in [5.41, 5.74) is 1.19. The van der Waals surface area contributed by atoms with Crippen LogP contribution in [0.3, 0.4) is 0 Å². The minimum Gasteiger partial charge on any atom is -0.494 e. The van der Waals surface area contributed by atoms with Crippen molar-refractivity contribution in [3.05, 3.63) is 88.4 Å². The predicted octanol–water partition coefficient (Wildman–Crippen LogP) is 5.22. The van der Waals surface area contributed by atoms with E-state index in [1.54, 1.807) is 48.5 Å². The molecular weight excluding hydrogens is 471 g/mol. The molecule has 3 rings (SSSR count). The lowest BCUT2D eigenvalue weighted by atomic mass is 10.2. The molecule has 0 aliphatic carbocycles. The maximum atomic E-state index is 13.3. The summed E-state index contributed by atoms with van der Waals surface area (Å²) in [5, 5.41) is 3.62. The summed E-state index contributed by atoms with van der Waals surface area (Å²) >= 11 is 12.0. The molecule has 1 N–H and O–H groups in total. The van der Waals surface area contributed by atoms with E-state index in [9.17, 15) is 13.2 Å². The largest absolute Gasteiger partial charge is 0.494 e. The number of ether oxygens (including phenoxy) is 1. The number of nitrogens with one attached hydrogen (secondary N) is 1. The molecule has 0 bridgehead atoms. The van der Waals surface area contributed by atoms with E-state index in [1.807, 2.05) is 6.92 Å². The first-order valence-corrected chi connectivity index (χ1v) is 12.0. The molecule has 0 atom stereocenters. The fourth-order valence-electron chi connectivity index (χ4n) is 2.98. The van der Waals surface area contributed by atoms with E-state index in [1.165, 1.54) is 24.3 Å². The van der Waals surface area contributed by atoms with E-state index in [-0.39, 0.29) is 18.0 Å². The van der Waals surface area contributed by atoms with Crippen LogP contribution in [0, 0.1) is 0 Å².